The van der Waals surface area contributed by atoms with Crippen LogP contribution in [0.4, 0.5) is 10.5 Å². The summed E-state index contributed by atoms with van der Waals surface area (Å²) >= 11 is 12.2. The number of aromatic nitrogens is 1. The second-order valence-electron chi connectivity index (χ2n) is 7.24. The summed E-state index contributed by atoms with van der Waals surface area (Å²) in [5.74, 6) is -1.23. The lowest BCUT2D eigenvalue weighted by atomic mass is 10.0. The van der Waals surface area contributed by atoms with E-state index in [-0.39, 0.29) is 28.0 Å². The summed E-state index contributed by atoms with van der Waals surface area (Å²) in [6.45, 7) is 6.60. The maximum Gasteiger partial charge on any atom is 0.410 e. The molecule has 0 spiro atoms. The average Bonchev–Trinajstić information content (AvgIpc) is 2.54. The van der Waals surface area contributed by atoms with Crippen molar-refractivity contribution < 1.29 is 19.4 Å². The molecule has 1 aromatic rings. The van der Waals surface area contributed by atoms with Crippen LogP contribution in [-0.4, -0.2) is 58.8 Å². The number of ether oxygens (including phenoxy) is 1. The highest BCUT2D eigenvalue weighted by atomic mass is 35.5. The molecule has 1 N–H and O–H groups in total. The third-order valence-electron chi connectivity index (χ3n) is 4.15. The molecule has 144 valence electrons. The number of carboxylic acid groups (broad SMARTS) is 1. The lowest BCUT2D eigenvalue weighted by molar-refractivity contribution is 0.0205. The molecule has 0 saturated carbocycles. The van der Waals surface area contributed by atoms with Crippen LogP contribution in [-0.2, 0) is 4.74 Å². The number of hydrogen-bond acceptors (Lipinski definition) is 5. The second kappa shape index (κ2) is 7.88. The summed E-state index contributed by atoms with van der Waals surface area (Å²) in [7, 11) is 1.83. The summed E-state index contributed by atoms with van der Waals surface area (Å²) in [5.41, 5.74) is -0.286. The van der Waals surface area contributed by atoms with E-state index >= 15 is 0 Å². The Balaban J connectivity index is 2.08. The predicted molar refractivity (Wildman–Crippen MR) is 100 cm³/mol. The van der Waals surface area contributed by atoms with E-state index in [0.717, 1.165) is 0 Å². The maximum absolute atomic E-state index is 12.2. The molecule has 1 fully saturated rings. The Kier molecular flexibility index (Phi) is 6.24. The molecule has 1 amide bonds. The molecule has 0 radical (unpaired) electrons. The first-order valence-electron chi connectivity index (χ1n) is 8.29. The van der Waals surface area contributed by atoms with Gasteiger partial charge in [0.15, 0.2) is 5.69 Å². The first kappa shape index (κ1) is 20.6. The molecule has 1 aromatic heterocycles. The number of rotatable bonds is 3. The third kappa shape index (κ3) is 4.92. The van der Waals surface area contributed by atoms with Gasteiger partial charge in [0.25, 0.3) is 0 Å². The van der Waals surface area contributed by atoms with Crippen molar-refractivity contribution >= 4 is 41.0 Å². The van der Waals surface area contributed by atoms with E-state index in [1.165, 1.54) is 0 Å². The average molecular weight is 404 g/mol. The summed E-state index contributed by atoms with van der Waals surface area (Å²) in [4.78, 5) is 30.8. The van der Waals surface area contributed by atoms with Crippen molar-refractivity contribution in [2.75, 3.05) is 25.0 Å². The van der Waals surface area contributed by atoms with E-state index < -0.39 is 11.6 Å². The molecule has 1 aliphatic rings. The standard InChI is InChI=1S/C17H23Cl2N3O4/c1-17(2,3)26-16(25)22-7-5-10(6-8-22)21(4)11-9-12(18)20-14(13(11)19)15(23)24/h9-10H,5-8H2,1-4H3,(H,23,24). The van der Waals surface area contributed by atoms with Gasteiger partial charge in [-0.3, -0.25) is 0 Å². The Hall–Kier alpha value is -1.73. The number of likely N-dealkylation sites (tertiary alicyclic amines) is 1. The summed E-state index contributed by atoms with van der Waals surface area (Å²) in [6, 6.07) is 1.64. The van der Waals surface area contributed by atoms with E-state index in [1.807, 2.05) is 32.7 Å². The van der Waals surface area contributed by atoms with Crippen molar-refractivity contribution in [3.8, 4) is 0 Å². The van der Waals surface area contributed by atoms with Crippen molar-refractivity contribution in [1.29, 1.82) is 0 Å². The number of amides is 1. The molecule has 7 nitrogen and oxygen atoms in total. The van der Waals surface area contributed by atoms with Crippen molar-refractivity contribution in [3.05, 3.63) is 21.9 Å². The topological polar surface area (TPSA) is 83.0 Å². The minimum atomic E-state index is -1.23. The number of carbonyl (C=O) groups excluding carboxylic acids is 1. The van der Waals surface area contributed by atoms with Crippen molar-refractivity contribution in [3.63, 3.8) is 0 Å². The van der Waals surface area contributed by atoms with Crippen molar-refractivity contribution in [1.82, 2.24) is 9.88 Å². The van der Waals surface area contributed by atoms with E-state index in [9.17, 15) is 14.7 Å². The van der Waals surface area contributed by atoms with Gasteiger partial charge < -0.3 is 19.6 Å². The fourth-order valence-corrected chi connectivity index (χ4v) is 3.34. The van der Waals surface area contributed by atoms with Crippen LogP contribution in [0.5, 0.6) is 0 Å². The number of aromatic carboxylic acids is 1. The molecule has 9 heteroatoms. The first-order valence-corrected chi connectivity index (χ1v) is 9.05. The molecule has 26 heavy (non-hydrogen) atoms. The van der Waals surface area contributed by atoms with Crippen LogP contribution in [0.25, 0.3) is 0 Å². The number of hydrogen-bond donors (Lipinski definition) is 1. The summed E-state index contributed by atoms with van der Waals surface area (Å²) in [5, 5.41) is 9.34. The van der Waals surface area contributed by atoms with E-state index in [2.05, 4.69) is 4.98 Å². The number of piperidine rings is 1. The maximum atomic E-state index is 12.2. The molecule has 0 aromatic carbocycles. The molecule has 0 unspecified atom stereocenters. The van der Waals surface area contributed by atoms with Crippen LogP contribution in [0.15, 0.2) is 6.07 Å². The molecule has 2 rings (SSSR count). The van der Waals surface area contributed by atoms with Gasteiger partial charge in [-0.1, -0.05) is 23.2 Å². The predicted octanol–water partition coefficient (Wildman–Crippen LogP) is 3.92. The number of carboxylic acids is 1. The zero-order valence-corrected chi connectivity index (χ0v) is 16.8. The van der Waals surface area contributed by atoms with Crippen LogP contribution in [0, 0.1) is 0 Å². The zero-order chi connectivity index (χ0) is 19.6. The van der Waals surface area contributed by atoms with Gasteiger partial charge in [-0.25, -0.2) is 14.6 Å². The van der Waals surface area contributed by atoms with Crippen molar-refractivity contribution in [2.24, 2.45) is 0 Å². The number of halogens is 2. The van der Waals surface area contributed by atoms with Crippen LogP contribution in [0.1, 0.15) is 44.1 Å². The number of pyridine rings is 1. The van der Waals surface area contributed by atoms with Crippen LogP contribution < -0.4 is 4.90 Å². The Morgan fingerprint density at radius 2 is 1.88 bits per heavy atom. The minimum absolute atomic E-state index is 0.0546. The summed E-state index contributed by atoms with van der Waals surface area (Å²) < 4.78 is 5.40. The van der Waals surface area contributed by atoms with Gasteiger partial charge in [0, 0.05) is 32.2 Å². The zero-order valence-electron chi connectivity index (χ0n) is 15.3. The van der Waals surface area contributed by atoms with Gasteiger partial charge in [-0.15, -0.1) is 0 Å². The van der Waals surface area contributed by atoms with Gasteiger partial charge in [-0.2, -0.15) is 0 Å². The normalized spacial score (nSPS) is 15.7. The minimum Gasteiger partial charge on any atom is -0.476 e. The molecule has 0 aliphatic carbocycles. The quantitative estimate of drug-likeness (QED) is 0.769. The Labute approximate surface area is 162 Å². The van der Waals surface area contributed by atoms with E-state index in [4.69, 9.17) is 27.9 Å². The highest BCUT2D eigenvalue weighted by Crippen LogP contribution is 2.33. The third-order valence-corrected chi connectivity index (χ3v) is 4.72. The smallest absolute Gasteiger partial charge is 0.410 e. The van der Waals surface area contributed by atoms with Gasteiger partial charge in [-0.05, 0) is 33.6 Å². The van der Waals surface area contributed by atoms with Gasteiger partial charge in [0.1, 0.15) is 10.8 Å². The number of nitrogens with zero attached hydrogens (tertiary/aromatic N) is 3. The van der Waals surface area contributed by atoms with Crippen LogP contribution in [0.3, 0.4) is 0 Å². The fourth-order valence-electron chi connectivity index (χ4n) is 2.84. The largest absolute Gasteiger partial charge is 0.476 e. The molecule has 1 aliphatic heterocycles. The highest BCUT2D eigenvalue weighted by Gasteiger charge is 2.30. The molecular weight excluding hydrogens is 381 g/mol. The second-order valence-corrected chi connectivity index (χ2v) is 8.01. The van der Waals surface area contributed by atoms with E-state index in [0.29, 0.717) is 31.6 Å². The molecule has 2 heterocycles. The Morgan fingerprint density at radius 3 is 2.38 bits per heavy atom. The molecular formula is C17H23Cl2N3O4. The Bertz CT molecular complexity index is 698. The molecule has 0 bridgehead atoms. The number of carbonyl (C=O) groups is 2. The Morgan fingerprint density at radius 1 is 1.31 bits per heavy atom. The molecule has 0 atom stereocenters. The molecule has 1 saturated heterocycles. The van der Waals surface area contributed by atoms with Crippen molar-refractivity contribution in [2.45, 2.75) is 45.3 Å². The highest BCUT2D eigenvalue weighted by molar-refractivity contribution is 6.37. The first-order chi connectivity index (χ1) is 12.0. The monoisotopic (exact) mass is 403 g/mol. The van der Waals surface area contributed by atoms with E-state index in [1.54, 1.807) is 11.0 Å². The lowest BCUT2D eigenvalue weighted by Crippen LogP contribution is -2.47. The number of anilines is 1. The van der Waals surface area contributed by atoms with Gasteiger partial charge in [0.2, 0.25) is 0 Å². The van der Waals surface area contributed by atoms with Gasteiger partial charge >= 0.3 is 12.1 Å². The van der Waals surface area contributed by atoms with Gasteiger partial charge in [0.05, 0.1) is 10.7 Å². The van der Waals surface area contributed by atoms with Crippen LogP contribution >= 0.6 is 23.2 Å². The van der Waals surface area contributed by atoms with Crippen LogP contribution in [0.2, 0.25) is 10.2 Å². The SMILES string of the molecule is CN(c1cc(Cl)nc(C(=O)O)c1Cl)C1CCN(C(=O)OC(C)(C)C)CC1. The fraction of sp³-hybridized carbons (Fsp3) is 0.588. The lowest BCUT2D eigenvalue weighted by Gasteiger charge is -2.38. The summed E-state index contributed by atoms with van der Waals surface area (Å²) in [6.07, 6.45) is 1.08.